The number of ether oxygens (including phenoxy) is 2. The lowest BCUT2D eigenvalue weighted by molar-refractivity contribution is -0.137. The Kier molecular flexibility index (Phi) is 5.95. The molecule has 6 nitrogen and oxygen atoms in total. The summed E-state index contributed by atoms with van der Waals surface area (Å²) in [7, 11) is 3.06. The van der Waals surface area contributed by atoms with Gasteiger partial charge in [0, 0.05) is 25.4 Å². The van der Waals surface area contributed by atoms with Gasteiger partial charge in [-0.25, -0.2) is 4.98 Å². The Morgan fingerprint density at radius 1 is 1.10 bits per heavy atom. The molecule has 2 aromatic heterocycles. The molecule has 0 aliphatic rings. The summed E-state index contributed by atoms with van der Waals surface area (Å²) in [6, 6.07) is 7.56. The van der Waals surface area contributed by atoms with Crippen molar-refractivity contribution in [2.24, 2.45) is 0 Å². The minimum atomic E-state index is -4.41. The Hall–Kier alpha value is -3.23. The largest absolute Gasteiger partial charge is 0.493 e. The van der Waals surface area contributed by atoms with Gasteiger partial charge in [0.15, 0.2) is 11.5 Å². The van der Waals surface area contributed by atoms with Crippen LogP contribution in [0.5, 0.6) is 11.5 Å². The number of imidazole rings is 1. The van der Waals surface area contributed by atoms with Crippen LogP contribution in [-0.4, -0.2) is 36.1 Å². The zero-order chi connectivity index (χ0) is 21.0. The Morgan fingerprint density at radius 2 is 1.86 bits per heavy atom. The monoisotopic (exact) mass is 407 g/mol. The number of carbonyl (C=O) groups is 1. The van der Waals surface area contributed by atoms with E-state index in [1.165, 1.54) is 30.9 Å². The van der Waals surface area contributed by atoms with Crippen LogP contribution in [0.1, 0.15) is 16.8 Å². The number of hydrogen-bond donors (Lipinski definition) is 1. The van der Waals surface area contributed by atoms with Crippen molar-refractivity contribution >= 4 is 11.6 Å². The molecule has 3 aromatic rings. The maximum absolute atomic E-state index is 12.8. The summed E-state index contributed by atoms with van der Waals surface area (Å²) in [6.45, 7) is 0.322. The summed E-state index contributed by atoms with van der Waals surface area (Å²) in [5.41, 5.74) is 1.05. The predicted molar refractivity (Wildman–Crippen MR) is 100 cm³/mol. The Morgan fingerprint density at radius 3 is 2.55 bits per heavy atom. The van der Waals surface area contributed by atoms with Crippen molar-refractivity contribution in [3.8, 4) is 11.5 Å². The van der Waals surface area contributed by atoms with E-state index in [-0.39, 0.29) is 12.3 Å². The van der Waals surface area contributed by atoms with E-state index in [1.54, 1.807) is 18.2 Å². The Balaban J connectivity index is 1.56. The zero-order valence-electron chi connectivity index (χ0n) is 15.9. The van der Waals surface area contributed by atoms with Gasteiger partial charge in [0.25, 0.3) is 0 Å². The molecule has 1 N–H and O–H groups in total. The first kappa shape index (κ1) is 20.5. The number of fused-ring (bicyclic) bond motifs is 1. The van der Waals surface area contributed by atoms with Gasteiger partial charge in [0.05, 0.1) is 31.9 Å². The maximum Gasteiger partial charge on any atom is 0.417 e. The lowest BCUT2D eigenvalue weighted by Crippen LogP contribution is -2.27. The molecular formula is C20H20F3N3O3. The fourth-order valence-corrected chi connectivity index (χ4v) is 2.90. The first-order chi connectivity index (χ1) is 13.8. The van der Waals surface area contributed by atoms with Crippen LogP contribution < -0.4 is 14.8 Å². The third-order valence-corrected chi connectivity index (χ3v) is 4.34. The van der Waals surface area contributed by atoms with Crippen LogP contribution in [0, 0.1) is 0 Å². The third-order valence-electron chi connectivity index (χ3n) is 4.34. The standard InChI is InChI=1S/C20H20F3N3O3/c1-28-16-5-3-13(9-17(16)29-2)10-19(27)24-8-7-15-12-26-11-14(20(21,22)23)4-6-18(26)25-15/h3-6,9,11-12H,7-8,10H2,1-2H3,(H,24,27). The van der Waals surface area contributed by atoms with E-state index in [9.17, 15) is 18.0 Å². The fraction of sp³-hybridized carbons (Fsp3) is 0.300. The molecule has 0 aliphatic carbocycles. The molecule has 9 heteroatoms. The molecule has 3 rings (SSSR count). The van der Waals surface area contributed by atoms with Crippen LogP contribution in [0.4, 0.5) is 13.2 Å². The summed E-state index contributed by atoms with van der Waals surface area (Å²) in [4.78, 5) is 16.4. The zero-order valence-corrected chi connectivity index (χ0v) is 15.9. The van der Waals surface area contributed by atoms with Gasteiger partial charge in [-0.3, -0.25) is 4.79 Å². The van der Waals surface area contributed by atoms with Crippen molar-refractivity contribution in [1.82, 2.24) is 14.7 Å². The SMILES string of the molecule is COc1ccc(CC(=O)NCCc2cn3cc(C(F)(F)F)ccc3n2)cc1OC. The van der Waals surface area contributed by atoms with Crippen LogP contribution in [0.2, 0.25) is 0 Å². The van der Waals surface area contributed by atoms with Crippen molar-refractivity contribution in [2.45, 2.75) is 19.0 Å². The van der Waals surface area contributed by atoms with Gasteiger partial charge in [0.1, 0.15) is 5.65 Å². The average Bonchev–Trinajstić information content (AvgIpc) is 3.09. The normalized spacial score (nSPS) is 11.5. The highest BCUT2D eigenvalue weighted by atomic mass is 19.4. The maximum atomic E-state index is 12.8. The van der Waals surface area contributed by atoms with Crippen LogP contribution in [0.25, 0.3) is 5.65 Å². The van der Waals surface area contributed by atoms with Crippen molar-refractivity contribution < 1.29 is 27.4 Å². The third kappa shape index (κ3) is 4.98. The van der Waals surface area contributed by atoms with Crippen molar-refractivity contribution in [1.29, 1.82) is 0 Å². The number of methoxy groups -OCH3 is 2. The minimum absolute atomic E-state index is 0.167. The summed E-state index contributed by atoms with van der Waals surface area (Å²) >= 11 is 0. The van der Waals surface area contributed by atoms with Gasteiger partial charge >= 0.3 is 6.18 Å². The first-order valence-corrected chi connectivity index (χ1v) is 8.82. The second kappa shape index (κ2) is 8.42. The van der Waals surface area contributed by atoms with Crippen molar-refractivity contribution in [3.05, 3.63) is 59.5 Å². The number of alkyl halides is 3. The Bertz CT molecular complexity index is 1020. The molecule has 0 bridgehead atoms. The molecule has 0 aliphatic heterocycles. The number of hydrogen-bond acceptors (Lipinski definition) is 4. The minimum Gasteiger partial charge on any atom is -0.493 e. The second-order valence-corrected chi connectivity index (χ2v) is 6.38. The molecule has 0 saturated heterocycles. The van der Waals surface area contributed by atoms with Crippen LogP contribution >= 0.6 is 0 Å². The highest BCUT2D eigenvalue weighted by Gasteiger charge is 2.30. The van der Waals surface area contributed by atoms with Crippen molar-refractivity contribution in [3.63, 3.8) is 0 Å². The smallest absolute Gasteiger partial charge is 0.417 e. The molecule has 0 atom stereocenters. The molecular weight excluding hydrogens is 387 g/mol. The van der Waals surface area contributed by atoms with E-state index < -0.39 is 11.7 Å². The second-order valence-electron chi connectivity index (χ2n) is 6.38. The molecule has 0 fully saturated rings. The molecule has 0 saturated carbocycles. The molecule has 1 amide bonds. The summed E-state index contributed by atoms with van der Waals surface area (Å²) < 4.78 is 50.1. The number of aromatic nitrogens is 2. The fourth-order valence-electron chi connectivity index (χ4n) is 2.90. The molecule has 0 radical (unpaired) electrons. The summed E-state index contributed by atoms with van der Waals surface area (Å²) in [6.07, 6.45) is -1.30. The molecule has 154 valence electrons. The van der Waals surface area contributed by atoms with E-state index in [1.807, 2.05) is 0 Å². The van der Waals surface area contributed by atoms with Gasteiger partial charge in [-0.1, -0.05) is 6.07 Å². The lowest BCUT2D eigenvalue weighted by Gasteiger charge is -2.09. The van der Waals surface area contributed by atoms with Crippen LogP contribution in [0.15, 0.2) is 42.7 Å². The number of amides is 1. The van der Waals surface area contributed by atoms with Crippen LogP contribution in [-0.2, 0) is 23.8 Å². The number of nitrogens with one attached hydrogen (secondary N) is 1. The highest BCUT2D eigenvalue weighted by molar-refractivity contribution is 5.78. The number of pyridine rings is 1. The molecule has 1 aromatic carbocycles. The summed E-state index contributed by atoms with van der Waals surface area (Å²) in [5.74, 6) is 0.943. The van der Waals surface area contributed by atoms with E-state index in [2.05, 4.69) is 10.3 Å². The number of carbonyl (C=O) groups excluding carboxylic acids is 1. The van der Waals surface area contributed by atoms with Gasteiger partial charge in [0.2, 0.25) is 5.91 Å². The lowest BCUT2D eigenvalue weighted by atomic mass is 10.1. The molecule has 29 heavy (non-hydrogen) atoms. The quantitative estimate of drug-likeness (QED) is 0.653. The van der Waals surface area contributed by atoms with E-state index in [0.29, 0.717) is 35.8 Å². The number of halogens is 3. The van der Waals surface area contributed by atoms with E-state index in [4.69, 9.17) is 9.47 Å². The summed E-state index contributed by atoms with van der Waals surface area (Å²) in [5, 5.41) is 2.79. The highest BCUT2D eigenvalue weighted by Crippen LogP contribution is 2.29. The van der Waals surface area contributed by atoms with Gasteiger partial charge < -0.3 is 19.2 Å². The van der Waals surface area contributed by atoms with Crippen LogP contribution in [0.3, 0.4) is 0 Å². The topological polar surface area (TPSA) is 64.9 Å². The average molecular weight is 407 g/mol. The van der Waals surface area contributed by atoms with Gasteiger partial charge in [-0.05, 0) is 29.8 Å². The molecule has 0 spiro atoms. The predicted octanol–water partition coefficient (Wildman–Crippen LogP) is 3.27. The van der Waals surface area contributed by atoms with Gasteiger partial charge in [-0.2, -0.15) is 13.2 Å². The number of benzene rings is 1. The molecule has 0 unspecified atom stereocenters. The number of rotatable bonds is 7. The van der Waals surface area contributed by atoms with Crippen molar-refractivity contribution in [2.75, 3.05) is 20.8 Å². The molecule has 2 heterocycles. The first-order valence-electron chi connectivity index (χ1n) is 8.82. The van der Waals surface area contributed by atoms with E-state index >= 15 is 0 Å². The van der Waals surface area contributed by atoms with E-state index in [0.717, 1.165) is 17.8 Å². The Labute approximate surface area is 165 Å². The number of nitrogens with zero attached hydrogens (tertiary/aromatic N) is 2. The van der Waals surface area contributed by atoms with Gasteiger partial charge in [-0.15, -0.1) is 0 Å².